The lowest BCUT2D eigenvalue weighted by molar-refractivity contribution is -0.250. The van der Waals surface area contributed by atoms with Crippen LogP contribution in [-0.4, -0.2) is 118 Å². The minimum absolute atomic E-state index is 0.498. The first-order valence-corrected chi connectivity index (χ1v) is 8.79. The molecule has 2 rings (SSSR count). The summed E-state index contributed by atoms with van der Waals surface area (Å²) in [6.45, 7) is -0.996. The number of rotatable bonds is 6. The molecule has 10 atom stereocenters. The fraction of sp³-hybridized carbons (Fsp3) is 1.00. The van der Waals surface area contributed by atoms with Gasteiger partial charge in [-0.3, -0.25) is 0 Å². The zero-order chi connectivity index (χ0) is 18.7. The molecular weight excluding hydrogens is 360 g/mol. The van der Waals surface area contributed by atoms with E-state index in [2.05, 4.69) is 0 Å². The van der Waals surface area contributed by atoms with Crippen molar-refractivity contribution in [1.82, 2.24) is 0 Å². The van der Waals surface area contributed by atoms with E-state index in [1.807, 2.05) is 0 Å². The molecule has 10 nitrogen and oxygen atoms in total. The molecule has 25 heavy (non-hydrogen) atoms. The highest BCUT2D eigenvalue weighted by molar-refractivity contribution is 8.00. The smallest absolute Gasteiger partial charge is 0.172 e. The molecule has 2 aliphatic heterocycles. The summed E-state index contributed by atoms with van der Waals surface area (Å²) >= 11 is 0.972. The Balaban J connectivity index is 2.17. The van der Waals surface area contributed by atoms with Gasteiger partial charge in [0, 0.05) is 14.2 Å². The maximum atomic E-state index is 10.4. The summed E-state index contributed by atoms with van der Waals surface area (Å²) in [5.41, 5.74) is 0. The van der Waals surface area contributed by atoms with Crippen molar-refractivity contribution in [3.63, 3.8) is 0 Å². The lowest BCUT2D eigenvalue weighted by Gasteiger charge is -2.46. The molecule has 0 amide bonds. The van der Waals surface area contributed by atoms with Crippen molar-refractivity contribution in [3.8, 4) is 0 Å². The topological polar surface area (TPSA) is 158 Å². The van der Waals surface area contributed by atoms with Gasteiger partial charge in [-0.1, -0.05) is 0 Å². The monoisotopic (exact) mass is 386 g/mol. The van der Waals surface area contributed by atoms with Gasteiger partial charge in [-0.25, -0.2) is 0 Å². The fourth-order valence-corrected chi connectivity index (χ4v) is 4.58. The average Bonchev–Trinajstić information content (AvgIpc) is 2.63. The van der Waals surface area contributed by atoms with E-state index < -0.39 is 72.9 Å². The summed E-state index contributed by atoms with van der Waals surface area (Å²) < 4.78 is 21.2. The SMILES string of the molecule is CO[C@H]1O[C@H](CO)[C@@H](O)[C@H](O)[C@@H]1S[C@@H]1[C@@H](OC)O[C@H](CO)[C@@H](O)[C@@H]1O. The second-order valence-electron chi connectivity index (χ2n) is 5.95. The van der Waals surface area contributed by atoms with E-state index in [1.165, 1.54) is 14.2 Å². The van der Waals surface area contributed by atoms with Crippen LogP contribution in [-0.2, 0) is 18.9 Å². The van der Waals surface area contributed by atoms with Crippen LogP contribution in [0.15, 0.2) is 0 Å². The van der Waals surface area contributed by atoms with Crippen LogP contribution in [0.1, 0.15) is 0 Å². The minimum atomic E-state index is -1.35. The molecule has 0 aromatic rings. The second kappa shape index (κ2) is 9.24. The Hall–Kier alpha value is -0.0500. The number of aliphatic hydroxyl groups excluding tert-OH is 6. The van der Waals surface area contributed by atoms with Crippen LogP contribution in [0.4, 0.5) is 0 Å². The van der Waals surface area contributed by atoms with Crippen molar-refractivity contribution in [2.75, 3.05) is 27.4 Å². The molecule has 2 heterocycles. The Labute approximate surface area is 149 Å². The van der Waals surface area contributed by atoms with Crippen molar-refractivity contribution in [3.05, 3.63) is 0 Å². The zero-order valence-corrected chi connectivity index (χ0v) is 14.7. The molecule has 6 N–H and O–H groups in total. The Bertz CT molecular complexity index is 375. The summed E-state index contributed by atoms with van der Waals surface area (Å²) in [7, 11) is 2.69. The molecule has 2 saturated heterocycles. The normalized spacial score (nSPS) is 48.5. The van der Waals surface area contributed by atoms with Gasteiger partial charge in [0.25, 0.3) is 0 Å². The van der Waals surface area contributed by atoms with E-state index in [-0.39, 0.29) is 0 Å². The second-order valence-corrected chi connectivity index (χ2v) is 7.31. The van der Waals surface area contributed by atoms with E-state index in [0.29, 0.717) is 0 Å². The molecule has 0 bridgehead atoms. The molecule has 11 heteroatoms. The Morgan fingerprint density at radius 2 is 1.08 bits per heavy atom. The number of thioether (sulfide) groups is 1. The summed E-state index contributed by atoms with van der Waals surface area (Å²) in [4.78, 5) is 0. The molecule has 2 aliphatic rings. The molecule has 2 fully saturated rings. The quantitative estimate of drug-likeness (QED) is 0.271. The van der Waals surface area contributed by atoms with Gasteiger partial charge >= 0.3 is 0 Å². The van der Waals surface area contributed by atoms with Gasteiger partial charge < -0.3 is 49.6 Å². The Morgan fingerprint density at radius 3 is 1.36 bits per heavy atom. The molecule has 0 aromatic heterocycles. The average molecular weight is 386 g/mol. The van der Waals surface area contributed by atoms with Gasteiger partial charge in [0.05, 0.1) is 35.9 Å². The van der Waals surface area contributed by atoms with Crippen molar-refractivity contribution in [2.24, 2.45) is 0 Å². The van der Waals surface area contributed by atoms with Crippen LogP contribution in [0, 0.1) is 0 Å². The predicted octanol–water partition coefficient (Wildman–Crippen LogP) is -3.37. The van der Waals surface area contributed by atoms with Gasteiger partial charge in [0.1, 0.15) is 24.4 Å². The van der Waals surface area contributed by atoms with Crippen molar-refractivity contribution >= 4 is 11.8 Å². The number of hydrogen-bond donors (Lipinski definition) is 6. The molecule has 0 spiro atoms. The zero-order valence-electron chi connectivity index (χ0n) is 13.9. The highest BCUT2D eigenvalue weighted by atomic mass is 32.2. The largest absolute Gasteiger partial charge is 0.394 e. The van der Waals surface area contributed by atoms with Gasteiger partial charge in [0.2, 0.25) is 0 Å². The summed E-state index contributed by atoms with van der Waals surface area (Å²) in [6.07, 6.45) is -9.32. The molecule has 0 aliphatic carbocycles. The molecule has 0 radical (unpaired) electrons. The van der Waals surface area contributed by atoms with Crippen LogP contribution in [0.3, 0.4) is 0 Å². The first-order valence-electron chi connectivity index (χ1n) is 7.85. The van der Waals surface area contributed by atoms with Crippen molar-refractivity contribution in [1.29, 1.82) is 0 Å². The van der Waals surface area contributed by atoms with Crippen LogP contribution < -0.4 is 0 Å². The first-order chi connectivity index (χ1) is 11.9. The van der Waals surface area contributed by atoms with Gasteiger partial charge in [-0.05, 0) is 0 Å². The van der Waals surface area contributed by atoms with E-state index >= 15 is 0 Å². The molecule has 0 aromatic carbocycles. The van der Waals surface area contributed by atoms with Gasteiger partial charge in [-0.15, -0.1) is 11.8 Å². The van der Waals surface area contributed by atoms with E-state index in [0.717, 1.165) is 11.8 Å². The third-order valence-corrected chi connectivity index (χ3v) is 6.06. The maximum absolute atomic E-state index is 10.4. The lowest BCUT2D eigenvalue weighted by atomic mass is 10.0. The lowest BCUT2D eigenvalue weighted by Crippen LogP contribution is -2.62. The van der Waals surface area contributed by atoms with E-state index in [1.54, 1.807) is 0 Å². The first kappa shape index (κ1) is 21.3. The number of methoxy groups -OCH3 is 2. The highest BCUT2D eigenvalue weighted by Gasteiger charge is 2.51. The summed E-state index contributed by atoms with van der Waals surface area (Å²) in [5.74, 6) is 0. The molecule has 0 unspecified atom stereocenters. The Morgan fingerprint density at radius 1 is 0.720 bits per heavy atom. The maximum Gasteiger partial charge on any atom is 0.172 e. The van der Waals surface area contributed by atoms with Crippen molar-refractivity contribution < 1.29 is 49.6 Å². The minimum Gasteiger partial charge on any atom is -0.394 e. The molecular formula is C14H26O10S. The van der Waals surface area contributed by atoms with Crippen molar-refractivity contribution in [2.45, 2.75) is 59.7 Å². The van der Waals surface area contributed by atoms with E-state index in [4.69, 9.17) is 18.9 Å². The van der Waals surface area contributed by atoms with Crippen LogP contribution in [0.2, 0.25) is 0 Å². The molecule has 0 saturated carbocycles. The predicted molar refractivity (Wildman–Crippen MR) is 84.7 cm³/mol. The standard InChI is InChI=1S/C14H26O10S/c1-21-13-11(9(19)7(17)5(3-15)23-13)25-12-10(20)8(18)6(4-16)24-14(12)22-2/h5-20H,3-4H2,1-2H3/t5-,6-,7-,8-,9+,10+,11+,12+,13+,14+/m1/s1. The third-order valence-electron chi connectivity index (χ3n) is 4.43. The number of ether oxygens (including phenoxy) is 4. The summed E-state index contributed by atoms with van der Waals surface area (Å²) in [5, 5.41) is 57.6. The molecule has 148 valence electrons. The summed E-state index contributed by atoms with van der Waals surface area (Å²) in [6, 6.07) is 0. The van der Waals surface area contributed by atoms with Crippen LogP contribution in [0.5, 0.6) is 0 Å². The van der Waals surface area contributed by atoms with E-state index in [9.17, 15) is 30.6 Å². The fourth-order valence-electron chi connectivity index (χ4n) is 2.96. The number of hydrogen-bond acceptors (Lipinski definition) is 11. The third kappa shape index (κ3) is 4.28. The number of aliphatic hydroxyl groups is 6. The van der Waals surface area contributed by atoms with Gasteiger partial charge in [0.15, 0.2) is 12.6 Å². The van der Waals surface area contributed by atoms with Crippen LogP contribution >= 0.6 is 11.8 Å². The highest BCUT2D eigenvalue weighted by Crippen LogP contribution is 2.39. The Kier molecular flexibility index (Phi) is 7.85. The van der Waals surface area contributed by atoms with Gasteiger partial charge in [-0.2, -0.15) is 0 Å². The van der Waals surface area contributed by atoms with Crippen LogP contribution in [0.25, 0.3) is 0 Å².